The Kier molecular flexibility index (Phi) is 10.5. The van der Waals surface area contributed by atoms with Crippen molar-refractivity contribution >= 4 is 10.4 Å². The lowest BCUT2D eigenvalue weighted by molar-refractivity contribution is -0.361. The van der Waals surface area contributed by atoms with Crippen LogP contribution in [-0.2, 0) is 43.0 Å². The van der Waals surface area contributed by atoms with Crippen LogP contribution in [0.4, 0.5) is 0 Å². The maximum Gasteiger partial charge on any atom is 0.397 e. The number of hydrogen-bond donors (Lipinski definition) is 6. The number of aliphatic hydroxyl groups is 5. The minimum absolute atomic E-state index is 0.0705. The van der Waals surface area contributed by atoms with Crippen LogP contribution < -0.4 is 0 Å². The molecular weight excluding hydrogens is 728 g/mol. The average molecular weight is 789 g/mol. The van der Waals surface area contributed by atoms with Gasteiger partial charge in [-0.15, -0.1) is 0 Å². The van der Waals surface area contributed by atoms with Crippen LogP contribution in [0.1, 0.15) is 86.0 Å². The van der Waals surface area contributed by atoms with Crippen LogP contribution in [0, 0.1) is 46.3 Å². The standard InChI is InChI=1S/C38H60O15S/c1-17-8-11-38(48-15-17)18(2)28-25(52-38)14-24-22-7-6-20-12-21(39)13-27(37(20,5)23(22)9-10-36(24,28)4)50-35-33(30(41)26(16-47-35)53-54(44,45)46)51-34-32(43)31(42)29(40)19(3)49-34/h6,17-19,21-35,39-43H,7-16H2,1-5H3,(H,44,45,46)/t17-,18+,19+,21-,22-,23+,24+,25+,26+,27-,28+,29+,30+,31-,32-,33-,34+,35+,36+,37+,38-/m1/s1. The first-order valence-corrected chi connectivity index (χ1v) is 21.4. The van der Waals surface area contributed by atoms with Crippen LogP contribution in [0.3, 0.4) is 0 Å². The normalized spacial score (nSPS) is 56.1. The fourth-order valence-corrected chi connectivity index (χ4v) is 13.1. The van der Waals surface area contributed by atoms with Crippen molar-refractivity contribution in [2.75, 3.05) is 13.2 Å². The van der Waals surface area contributed by atoms with Crippen LogP contribution in [0.2, 0.25) is 0 Å². The van der Waals surface area contributed by atoms with Crippen molar-refractivity contribution < 1.29 is 71.1 Å². The molecule has 0 aromatic carbocycles. The van der Waals surface area contributed by atoms with E-state index in [1.807, 2.05) is 0 Å². The molecule has 4 aliphatic heterocycles. The van der Waals surface area contributed by atoms with Gasteiger partial charge in [0, 0.05) is 24.2 Å². The number of fused-ring (bicyclic) bond motifs is 7. The van der Waals surface area contributed by atoms with E-state index >= 15 is 0 Å². The molecule has 0 radical (unpaired) electrons. The van der Waals surface area contributed by atoms with Crippen molar-refractivity contribution in [3.05, 3.63) is 11.6 Å². The van der Waals surface area contributed by atoms with Gasteiger partial charge in [0.25, 0.3) is 0 Å². The Hall–Kier alpha value is -0.830. The Morgan fingerprint density at radius 1 is 0.870 bits per heavy atom. The molecule has 3 saturated carbocycles. The molecule has 8 aliphatic rings. The van der Waals surface area contributed by atoms with Crippen LogP contribution >= 0.6 is 0 Å². The van der Waals surface area contributed by atoms with Gasteiger partial charge in [0.15, 0.2) is 18.4 Å². The van der Waals surface area contributed by atoms with Gasteiger partial charge < -0.3 is 54.0 Å². The highest BCUT2D eigenvalue weighted by Gasteiger charge is 2.69. The second-order valence-corrected chi connectivity index (χ2v) is 19.4. The molecule has 4 saturated heterocycles. The highest BCUT2D eigenvalue weighted by atomic mass is 32.3. The second kappa shape index (κ2) is 14.2. The third-order valence-corrected chi connectivity index (χ3v) is 16.0. The molecule has 15 nitrogen and oxygen atoms in total. The first-order valence-electron chi connectivity index (χ1n) is 20.0. The molecule has 1 spiro atoms. The largest absolute Gasteiger partial charge is 0.397 e. The molecule has 4 aliphatic carbocycles. The number of allylic oxidation sites excluding steroid dienone is 1. The molecule has 0 amide bonds. The topological polar surface area (TPSA) is 220 Å². The van der Waals surface area contributed by atoms with Crippen molar-refractivity contribution in [2.45, 2.75) is 165 Å². The predicted octanol–water partition coefficient (Wildman–Crippen LogP) is 1.83. The van der Waals surface area contributed by atoms with Crippen molar-refractivity contribution in [2.24, 2.45) is 46.3 Å². The number of hydrogen-bond acceptors (Lipinski definition) is 14. The molecule has 0 unspecified atom stereocenters. The van der Waals surface area contributed by atoms with E-state index in [4.69, 9.17) is 32.6 Å². The summed E-state index contributed by atoms with van der Waals surface area (Å²) in [4.78, 5) is 0. The van der Waals surface area contributed by atoms with E-state index in [-0.39, 0.29) is 29.8 Å². The molecular formula is C38H60O15S. The van der Waals surface area contributed by atoms with Crippen LogP contribution in [0.15, 0.2) is 11.6 Å². The summed E-state index contributed by atoms with van der Waals surface area (Å²) >= 11 is 0. The van der Waals surface area contributed by atoms with E-state index in [1.54, 1.807) is 0 Å². The van der Waals surface area contributed by atoms with Crippen LogP contribution in [0.5, 0.6) is 0 Å². The highest BCUT2D eigenvalue weighted by Crippen LogP contribution is 2.71. The smallest absolute Gasteiger partial charge is 0.393 e. The zero-order chi connectivity index (χ0) is 38.7. The molecule has 0 bridgehead atoms. The fourth-order valence-electron chi connectivity index (χ4n) is 12.6. The van der Waals surface area contributed by atoms with E-state index in [2.05, 4.69) is 33.8 Å². The van der Waals surface area contributed by atoms with E-state index in [0.717, 1.165) is 50.7 Å². The number of aliphatic hydroxyl groups excluding tert-OH is 5. The van der Waals surface area contributed by atoms with E-state index in [1.165, 1.54) is 6.92 Å². The quantitative estimate of drug-likeness (QED) is 0.167. The van der Waals surface area contributed by atoms with Crippen molar-refractivity contribution in [3.63, 3.8) is 0 Å². The maximum absolute atomic E-state index is 11.7. The number of rotatable bonds is 6. The monoisotopic (exact) mass is 788 g/mol. The summed E-state index contributed by atoms with van der Waals surface area (Å²) in [7, 11) is -5.02. The molecule has 308 valence electrons. The lowest BCUT2D eigenvalue weighted by Gasteiger charge is -2.60. The van der Waals surface area contributed by atoms with Gasteiger partial charge in [-0.1, -0.05) is 39.3 Å². The zero-order valence-corrected chi connectivity index (χ0v) is 32.6. The first-order chi connectivity index (χ1) is 25.4. The minimum atomic E-state index is -5.02. The van der Waals surface area contributed by atoms with Gasteiger partial charge in [-0.25, -0.2) is 4.18 Å². The fraction of sp³-hybridized carbons (Fsp3) is 0.947. The van der Waals surface area contributed by atoms with Gasteiger partial charge in [0.05, 0.1) is 37.6 Å². The molecule has 4 heterocycles. The second-order valence-electron chi connectivity index (χ2n) is 18.4. The molecule has 8 rings (SSSR count). The van der Waals surface area contributed by atoms with Crippen molar-refractivity contribution in [3.8, 4) is 0 Å². The van der Waals surface area contributed by atoms with E-state index < -0.39 is 95.7 Å². The molecule has 6 N–H and O–H groups in total. The molecule has 7 fully saturated rings. The SMILES string of the molecule is C[C@@H]1CC[C@@]2(OC1)O[C@H]1C[C@H]3[C@@H]4CC=C5C[C@@H](O)C[C@@H](O[C@@H]6OC[C@H](OS(=O)(=O)O)[C@H](O)[C@H]6O[C@@H]6O[C@@H](C)[C@H](O)[C@@H](O)[C@H]6O)[C@]5(C)[C@H]4CC[C@]3(C)[C@H]1[C@@H]2C. The summed E-state index contributed by atoms with van der Waals surface area (Å²) in [5.74, 6) is 1.65. The summed E-state index contributed by atoms with van der Waals surface area (Å²) in [5, 5.41) is 54.1. The summed E-state index contributed by atoms with van der Waals surface area (Å²) in [6, 6.07) is 0. The van der Waals surface area contributed by atoms with Crippen molar-refractivity contribution in [1.82, 2.24) is 0 Å². The number of ether oxygens (including phenoxy) is 6. The zero-order valence-electron chi connectivity index (χ0n) is 31.8. The summed E-state index contributed by atoms with van der Waals surface area (Å²) < 4.78 is 75.4. The minimum Gasteiger partial charge on any atom is -0.393 e. The Labute approximate surface area is 317 Å². The Morgan fingerprint density at radius 2 is 1.63 bits per heavy atom. The van der Waals surface area contributed by atoms with Gasteiger partial charge in [-0.2, -0.15) is 8.42 Å². The highest BCUT2D eigenvalue weighted by molar-refractivity contribution is 7.80. The van der Waals surface area contributed by atoms with E-state index in [0.29, 0.717) is 30.1 Å². The summed E-state index contributed by atoms with van der Waals surface area (Å²) in [6.07, 6.45) is -5.93. The average Bonchev–Trinajstić information content (AvgIpc) is 3.55. The Bertz CT molecular complexity index is 1540. The molecule has 0 aromatic rings. The van der Waals surface area contributed by atoms with Gasteiger partial charge in [0.2, 0.25) is 0 Å². The van der Waals surface area contributed by atoms with Gasteiger partial charge >= 0.3 is 10.4 Å². The molecule has 0 aromatic heterocycles. The maximum atomic E-state index is 11.7. The molecule has 16 heteroatoms. The predicted molar refractivity (Wildman–Crippen MR) is 187 cm³/mol. The third-order valence-electron chi connectivity index (χ3n) is 15.5. The van der Waals surface area contributed by atoms with Gasteiger partial charge in [-0.05, 0) is 80.5 Å². The van der Waals surface area contributed by atoms with Gasteiger partial charge in [0.1, 0.15) is 36.6 Å². The first kappa shape index (κ1) is 40.0. The molecule has 54 heavy (non-hydrogen) atoms. The van der Waals surface area contributed by atoms with Crippen molar-refractivity contribution in [1.29, 1.82) is 0 Å². The van der Waals surface area contributed by atoms with Crippen LogP contribution in [-0.4, -0.2) is 131 Å². The van der Waals surface area contributed by atoms with Crippen LogP contribution in [0.25, 0.3) is 0 Å². The lowest BCUT2D eigenvalue weighted by atomic mass is 9.46. The summed E-state index contributed by atoms with van der Waals surface area (Å²) in [6.45, 7) is 10.9. The third kappa shape index (κ3) is 6.46. The molecule has 21 atom stereocenters. The Morgan fingerprint density at radius 3 is 2.33 bits per heavy atom. The lowest BCUT2D eigenvalue weighted by Crippen LogP contribution is -2.63. The van der Waals surface area contributed by atoms with E-state index in [9.17, 15) is 38.5 Å². The van der Waals surface area contributed by atoms with Gasteiger partial charge in [-0.3, -0.25) is 4.55 Å². The summed E-state index contributed by atoms with van der Waals surface area (Å²) in [5.41, 5.74) is 0.649. The Balaban J connectivity index is 1.05.